The summed E-state index contributed by atoms with van der Waals surface area (Å²) in [5.74, 6) is -0.242. The number of carbonyl (C=O) groups excluding carboxylic acids is 2. The van der Waals surface area contributed by atoms with Gasteiger partial charge in [-0.05, 0) is 49.7 Å². The fraction of sp³-hybridized carbons (Fsp3) is 0.222. The van der Waals surface area contributed by atoms with Crippen LogP contribution in [0.5, 0.6) is 11.5 Å². The number of nitrogens with zero attached hydrogens (tertiary/aromatic N) is 3. The molecule has 38 heavy (non-hydrogen) atoms. The Kier molecular flexibility index (Phi) is 6.43. The number of carbonyl (C=O) groups is 2. The zero-order valence-corrected chi connectivity index (χ0v) is 20.3. The molecule has 1 fully saturated rings. The summed E-state index contributed by atoms with van der Waals surface area (Å²) in [6.07, 6.45) is -1.94. The molecular weight excluding hydrogens is 499 g/mol. The van der Waals surface area contributed by atoms with E-state index in [9.17, 15) is 22.8 Å². The Hall–Kier alpha value is -4.54. The molecule has 2 amide bonds. The molecule has 0 radical (unpaired) electrons. The van der Waals surface area contributed by atoms with Gasteiger partial charge in [-0.15, -0.1) is 0 Å². The number of benzene rings is 2. The number of aromatic nitrogens is 3. The van der Waals surface area contributed by atoms with E-state index in [2.05, 4.69) is 10.1 Å². The number of hydrogen-bond acceptors (Lipinski definition) is 4. The van der Waals surface area contributed by atoms with Crippen molar-refractivity contribution in [3.05, 3.63) is 83.7 Å². The summed E-state index contributed by atoms with van der Waals surface area (Å²) >= 11 is 0. The van der Waals surface area contributed by atoms with Crippen LogP contribution in [-0.4, -0.2) is 50.6 Å². The summed E-state index contributed by atoms with van der Waals surface area (Å²) in [5.41, 5.74) is 9.44. The summed E-state index contributed by atoms with van der Waals surface area (Å²) in [5, 5.41) is 4.34. The van der Waals surface area contributed by atoms with Gasteiger partial charge in [-0.2, -0.15) is 18.3 Å². The Morgan fingerprint density at radius 1 is 1.11 bits per heavy atom. The number of allylic oxidation sites excluding steroid dienone is 1. The van der Waals surface area contributed by atoms with E-state index in [1.165, 1.54) is 9.42 Å². The highest BCUT2D eigenvalue weighted by Crippen LogP contribution is 2.34. The van der Waals surface area contributed by atoms with Gasteiger partial charge in [-0.3, -0.25) is 9.59 Å². The first-order valence-electron chi connectivity index (χ1n) is 11.9. The van der Waals surface area contributed by atoms with Crippen molar-refractivity contribution in [2.75, 3.05) is 13.1 Å². The second kappa shape index (κ2) is 9.73. The van der Waals surface area contributed by atoms with Crippen molar-refractivity contribution in [3.8, 4) is 22.8 Å². The van der Waals surface area contributed by atoms with Crippen molar-refractivity contribution in [1.29, 1.82) is 0 Å². The van der Waals surface area contributed by atoms with Crippen molar-refractivity contribution in [2.45, 2.75) is 25.4 Å². The molecule has 1 atom stereocenters. The maximum Gasteiger partial charge on any atom is 0.409 e. The van der Waals surface area contributed by atoms with Crippen LogP contribution < -0.4 is 10.5 Å². The first-order chi connectivity index (χ1) is 18.1. The van der Waals surface area contributed by atoms with E-state index < -0.39 is 18.0 Å². The number of nitrogens with one attached hydrogen (secondary N) is 1. The van der Waals surface area contributed by atoms with Crippen molar-refractivity contribution in [1.82, 2.24) is 19.5 Å². The Labute approximate surface area is 215 Å². The number of likely N-dealkylation sites (tertiary alicyclic amines) is 1. The fourth-order valence-corrected chi connectivity index (χ4v) is 4.59. The molecule has 0 saturated carbocycles. The lowest BCUT2D eigenvalue weighted by molar-refractivity contribution is -0.125. The Balaban J connectivity index is 1.39. The number of alkyl halides is 3. The van der Waals surface area contributed by atoms with Crippen LogP contribution in [-0.2, 0) is 4.79 Å². The van der Waals surface area contributed by atoms with Gasteiger partial charge in [0.1, 0.15) is 17.1 Å². The van der Waals surface area contributed by atoms with Crippen molar-refractivity contribution >= 4 is 17.5 Å². The summed E-state index contributed by atoms with van der Waals surface area (Å²) < 4.78 is 44.6. The summed E-state index contributed by atoms with van der Waals surface area (Å²) in [7, 11) is 0. The summed E-state index contributed by atoms with van der Waals surface area (Å²) in [6.45, 7) is 2.53. The zero-order valence-electron chi connectivity index (χ0n) is 20.3. The van der Waals surface area contributed by atoms with Gasteiger partial charge < -0.3 is 20.4 Å². The first-order valence-corrected chi connectivity index (χ1v) is 11.9. The van der Waals surface area contributed by atoms with Crippen molar-refractivity contribution < 1.29 is 27.5 Å². The number of nitrogens with two attached hydrogens (primary N) is 1. The molecule has 2 aromatic carbocycles. The van der Waals surface area contributed by atoms with Gasteiger partial charge in [0, 0.05) is 42.3 Å². The Morgan fingerprint density at radius 2 is 1.76 bits per heavy atom. The van der Waals surface area contributed by atoms with Gasteiger partial charge >= 0.3 is 6.18 Å². The predicted molar refractivity (Wildman–Crippen MR) is 134 cm³/mol. The van der Waals surface area contributed by atoms with E-state index in [0.717, 1.165) is 11.1 Å². The van der Waals surface area contributed by atoms with E-state index in [4.69, 9.17) is 10.5 Å². The first kappa shape index (κ1) is 25.1. The van der Waals surface area contributed by atoms with Crippen LogP contribution in [0.3, 0.4) is 0 Å². The highest BCUT2D eigenvalue weighted by atomic mass is 19.4. The van der Waals surface area contributed by atoms with Gasteiger partial charge in [0.05, 0.1) is 11.9 Å². The maximum absolute atomic E-state index is 12.4. The smallest absolute Gasteiger partial charge is 0.409 e. The number of halogens is 3. The lowest BCUT2D eigenvalue weighted by Crippen LogP contribution is -2.27. The molecule has 3 heterocycles. The van der Waals surface area contributed by atoms with Crippen LogP contribution in [0.4, 0.5) is 13.2 Å². The normalized spacial score (nSPS) is 16.0. The molecule has 8 nitrogen and oxygen atoms in total. The molecule has 2 aromatic heterocycles. The number of H-pyrrole nitrogens is 1. The number of rotatable bonds is 6. The molecule has 11 heteroatoms. The highest BCUT2D eigenvalue weighted by Gasteiger charge is 2.31. The monoisotopic (exact) mass is 523 g/mol. The molecule has 0 spiro atoms. The number of imidazole rings is 1. The van der Waals surface area contributed by atoms with Crippen LogP contribution in [0.1, 0.15) is 34.0 Å². The third kappa shape index (κ3) is 5.13. The summed E-state index contributed by atoms with van der Waals surface area (Å²) in [4.78, 5) is 29.2. The lowest BCUT2D eigenvalue weighted by atomic mass is 10.0. The second-order valence-electron chi connectivity index (χ2n) is 9.16. The number of primary amides is 1. The van der Waals surface area contributed by atoms with Gasteiger partial charge in [-0.1, -0.05) is 17.7 Å². The Bertz CT molecular complexity index is 1520. The Morgan fingerprint density at radius 3 is 2.39 bits per heavy atom. The van der Waals surface area contributed by atoms with Crippen LogP contribution in [0.25, 0.3) is 16.9 Å². The van der Waals surface area contributed by atoms with Gasteiger partial charge in [0.15, 0.2) is 5.69 Å². The third-order valence-electron chi connectivity index (χ3n) is 6.48. The number of amides is 2. The number of ether oxygens (including phenoxy) is 1. The third-order valence-corrected chi connectivity index (χ3v) is 6.48. The minimum Gasteiger partial charge on any atom is -0.457 e. The summed E-state index contributed by atoms with van der Waals surface area (Å²) in [6, 6.07) is 14.8. The van der Waals surface area contributed by atoms with Crippen molar-refractivity contribution in [3.63, 3.8) is 0 Å². The average molecular weight is 524 g/mol. The second-order valence-corrected chi connectivity index (χ2v) is 9.16. The van der Waals surface area contributed by atoms with Gasteiger partial charge in [0.2, 0.25) is 5.91 Å². The number of aromatic amines is 1. The molecule has 0 aliphatic carbocycles. The number of hydrogen-bond donors (Lipinski definition) is 2. The molecule has 1 saturated heterocycles. The molecule has 1 aliphatic heterocycles. The molecule has 3 N–H and O–H groups in total. The number of aryl methyl sites for hydroxylation is 1. The van der Waals surface area contributed by atoms with Gasteiger partial charge in [0.25, 0.3) is 5.91 Å². The predicted octanol–water partition coefficient (Wildman–Crippen LogP) is 4.96. The van der Waals surface area contributed by atoms with Crippen LogP contribution in [0.2, 0.25) is 0 Å². The molecular formula is C27H24F3N5O3. The topological polar surface area (TPSA) is 106 Å². The standard InChI is InChI=1S/C27H24F3N5O3/c1-16-2-6-19(7-3-16)38-20-8-4-17(5-9-20)23-24(25(31)37)35-26(33-23)21(14-32-35)18-11-13-34(15-18)22(36)10-12-27(28,29)30/h2-10,12,14,18,33H,11,13,15H2,1H3,(H2,31,37)/b12-10+. The van der Waals surface area contributed by atoms with Crippen molar-refractivity contribution in [2.24, 2.45) is 5.73 Å². The molecule has 1 aliphatic rings. The van der Waals surface area contributed by atoms with E-state index >= 15 is 0 Å². The van der Waals surface area contributed by atoms with E-state index in [1.54, 1.807) is 30.5 Å². The minimum atomic E-state index is -4.55. The molecule has 5 rings (SSSR count). The van der Waals surface area contributed by atoms with E-state index in [0.29, 0.717) is 47.4 Å². The van der Waals surface area contributed by atoms with Crippen LogP contribution in [0, 0.1) is 6.92 Å². The fourth-order valence-electron chi connectivity index (χ4n) is 4.59. The average Bonchev–Trinajstić information content (AvgIpc) is 3.59. The lowest BCUT2D eigenvalue weighted by Gasteiger charge is -2.14. The minimum absolute atomic E-state index is 0.0612. The largest absolute Gasteiger partial charge is 0.457 e. The molecule has 4 aromatic rings. The van der Waals surface area contributed by atoms with E-state index in [-0.39, 0.29) is 24.2 Å². The van der Waals surface area contributed by atoms with Gasteiger partial charge in [-0.25, -0.2) is 4.52 Å². The zero-order chi connectivity index (χ0) is 27.0. The van der Waals surface area contributed by atoms with E-state index in [1.807, 2.05) is 31.2 Å². The maximum atomic E-state index is 12.4. The molecule has 196 valence electrons. The number of fused-ring (bicyclic) bond motifs is 1. The van der Waals surface area contributed by atoms with Crippen LogP contribution in [0.15, 0.2) is 66.9 Å². The SMILES string of the molecule is Cc1ccc(Oc2ccc(-c3[nH]c4c(C5CCN(C(=O)/C=C/C(F)(F)F)C5)cnn4c3C(N)=O)cc2)cc1. The molecule has 0 bridgehead atoms. The van der Waals surface area contributed by atoms with Crippen LogP contribution >= 0.6 is 0 Å². The molecule has 1 unspecified atom stereocenters. The quantitative estimate of drug-likeness (QED) is 0.349. The highest BCUT2D eigenvalue weighted by molar-refractivity contribution is 5.98.